The molecule has 0 unspecified atom stereocenters. The molecule has 0 spiro atoms. The van der Waals surface area contributed by atoms with Crippen LogP contribution in [0.2, 0.25) is 0 Å². The normalized spacial score (nSPS) is 12.1. The van der Waals surface area contributed by atoms with Gasteiger partial charge in [0.2, 0.25) is 0 Å². The molecule has 0 atom stereocenters. The van der Waals surface area contributed by atoms with Gasteiger partial charge in [-0.05, 0) is 23.6 Å². The third kappa shape index (κ3) is 4.15. The van der Waals surface area contributed by atoms with Crippen molar-refractivity contribution < 1.29 is 0 Å². The van der Waals surface area contributed by atoms with Crippen molar-refractivity contribution >= 4 is 11.6 Å². The molecule has 0 fully saturated rings. The maximum absolute atomic E-state index is 5.71. The summed E-state index contributed by atoms with van der Waals surface area (Å²) in [5.41, 5.74) is 2.97. The molecule has 0 heterocycles. The SMILES string of the molecule is CN(CCCl)Cc1ccc(C(C)(C)C)cc1. The molecule has 0 radical (unpaired) electrons. The topological polar surface area (TPSA) is 3.24 Å². The Morgan fingerprint density at radius 1 is 1.12 bits per heavy atom. The van der Waals surface area contributed by atoms with Crippen LogP contribution in [0.15, 0.2) is 24.3 Å². The van der Waals surface area contributed by atoms with Crippen LogP contribution in [0.5, 0.6) is 0 Å². The number of hydrogen-bond donors (Lipinski definition) is 0. The minimum absolute atomic E-state index is 0.237. The summed E-state index contributed by atoms with van der Waals surface area (Å²) in [6.45, 7) is 8.62. The number of halogens is 1. The van der Waals surface area contributed by atoms with Gasteiger partial charge < -0.3 is 4.90 Å². The molecule has 1 rings (SSSR count). The molecular weight excluding hydrogens is 218 g/mol. The first kappa shape index (κ1) is 13.5. The lowest BCUT2D eigenvalue weighted by Gasteiger charge is -2.20. The number of alkyl halides is 1. The first-order valence-corrected chi connectivity index (χ1v) is 6.31. The summed E-state index contributed by atoms with van der Waals surface area (Å²) in [4.78, 5) is 2.24. The molecule has 0 aliphatic rings. The fraction of sp³-hybridized carbons (Fsp3) is 0.571. The highest BCUT2D eigenvalue weighted by Gasteiger charge is 2.12. The Morgan fingerprint density at radius 2 is 1.69 bits per heavy atom. The van der Waals surface area contributed by atoms with Gasteiger partial charge in [-0.15, -0.1) is 11.6 Å². The molecule has 0 aliphatic heterocycles. The van der Waals surface area contributed by atoms with Crippen molar-refractivity contribution in [3.05, 3.63) is 35.4 Å². The monoisotopic (exact) mass is 239 g/mol. The van der Waals surface area contributed by atoms with E-state index in [4.69, 9.17) is 11.6 Å². The van der Waals surface area contributed by atoms with Gasteiger partial charge in [-0.25, -0.2) is 0 Å². The van der Waals surface area contributed by atoms with Crippen molar-refractivity contribution in [3.8, 4) is 0 Å². The van der Waals surface area contributed by atoms with Crippen LogP contribution < -0.4 is 0 Å². The van der Waals surface area contributed by atoms with Crippen molar-refractivity contribution in [2.24, 2.45) is 0 Å². The predicted molar refractivity (Wildman–Crippen MR) is 72.2 cm³/mol. The van der Waals surface area contributed by atoms with Crippen molar-refractivity contribution in [1.29, 1.82) is 0 Å². The third-order valence-corrected chi connectivity index (χ3v) is 2.91. The van der Waals surface area contributed by atoms with Crippen molar-refractivity contribution in [1.82, 2.24) is 4.90 Å². The van der Waals surface area contributed by atoms with E-state index in [2.05, 4.69) is 57.0 Å². The summed E-state index contributed by atoms with van der Waals surface area (Å²) in [5.74, 6) is 0.691. The lowest BCUT2D eigenvalue weighted by Crippen LogP contribution is -2.20. The minimum Gasteiger partial charge on any atom is -0.301 e. The van der Waals surface area contributed by atoms with Gasteiger partial charge in [0, 0.05) is 19.0 Å². The molecular formula is C14H22ClN. The lowest BCUT2D eigenvalue weighted by molar-refractivity contribution is 0.347. The Hall–Kier alpha value is -0.530. The van der Waals surface area contributed by atoms with E-state index in [0.717, 1.165) is 13.1 Å². The van der Waals surface area contributed by atoms with Gasteiger partial charge in [-0.3, -0.25) is 0 Å². The number of nitrogens with zero attached hydrogens (tertiary/aromatic N) is 1. The van der Waals surface area contributed by atoms with Crippen molar-refractivity contribution in [3.63, 3.8) is 0 Å². The maximum Gasteiger partial charge on any atom is 0.0351 e. The molecule has 16 heavy (non-hydrogen) atoms. The molecule has 1 aromatic carbocycles. The smallest absolute Gasteiger partial charge is 0.0351 e. The van der Waals surface area contributed by atoms with Crippen LogP contribution in [0.3, 0.4) is 0 Å². The molecule has 0 aromatic heterocycles. The van der Waals surface area contributed by atoms with E-state index < -0.39 is 0 Å². The average Bonchev–Trinajstić information content (AvgIpc) is 2.17. The lowest BCUT2D eigenvalue weighted by atomic mass is 9.87. The molecule has 1 aromatic rings. The summed E-state index contributed by atoms with van der Waals surface area (Å²) in [7, 11) is 2.10. The van der Waals surface area contributed by atoms with E-state index >= 15 is 0 Å². The van der Waals surface area contributed by atoms with E-state index in [9.17, 15) is 0 Å². The largest absolute Gasteiger partial charge is 0.301 e. The van der Waals surface area contributed by atoms with E-state index in [0.29, 0.717) is 5.88 Å². The summed E-state index contributed by atoms with van der Waals surface area (Å²) in [5, 5.41) is 0. The third-order valence-electron chi connectivity index (χ3n) is 2.74. The first-order valence-electron chi connectivity index (χ1n) is 5.77. The number of hydrogen-bond acceptors (Lipinski definition) is 1. The Bertz CT molecular complexity index is 311. The quantitative estimate of drug-likeness (QED) is 0.725. The van der Waals surface area contributed by atoms with Gasteiger partial charge >= 0.3 is 0 Å². The van der Waals surface area contributed by atoms with Crippen LogP contribution in [0.1, 0.15) is 31.9 Å². The fourth-order valence-corrected chi connectivity index (χ4v) is 1.93. The molecule has 1 nitrogen and oxygen atoms in total. The Balaban J connectivity index is 2.65. The second-order valence-electron chi connectivity index (χ2n) is 5.37. The average molecular weight is 240 g/mol. The number of benzene rings is 1. The van der Waals surface area contributed by atoms with Crippen molar-refractivity contribution in [2.75, 3.05) is 19.5 Å². The highest BCUT2D eigenvalue weighted by atomic mass is 35.5. The Morgan fingerprint density at radius 3 is 2.12 bits per heavy atom. The van der Waals surface area contributed by atoms with E-state index in [-0.39, 0.29) is 5.41 Å². The van der Waals surface area contributed by atoms with Crippen LogP contribution >= 0.6 is 11.6 Å². The summed E-state index contributed by atoms with van der Waals surface area (Å²) in [6, 6.07) is 8.88. The van der Waals surface area contributed by atoms with Gasteiger partial charge in [-0.1, -0.05) is 45.0 Å². The standard InChI is InChI=1S/C14H22ClN/c1-14(2,3)13-7-5-12(6-8-13)11-16(4)10-9-15/h5-8H,9-11H2,1-4H3. The van der Waals surface area contributed by atoms with Crippen LogP contribution in [-0.2, 0) is 12.0 Å². The van der Waals surface area contributed by atoms with Crippen molar-refractivity contribution in [2.45, 2.75) is 32.7 Å². The molecule has 0 bridgehead atoms. The van der Waals surface area contributed by atoms with Gasteiger partial charge in [0.1, 0.15) is 0 Å². The van der Waals surface area contributed by atoms with E-state index in [1.807, 2.05) is 0 Å². The van der Waals surface area contributed by atoms with Crippen LogP contribution in [-0.4, -0.2) is 24.4 Å². The molecule has 0 aliphatic carbocycles. The molecule has 2 heteroatoms. The maximum atomic E-state index is 5.71. The van der Waals surface area contributed by atoms with E-state index in [1.54, 1.807) is 0 Å². The van der Waals surface area contributed by atoms with E-state index in [1.165, 1.54) is 11.1 Å². The fourth-order valence-electron chi connectivity index (χ4n) is 1.65. The molecule has 0 amide bonds. The zero-order valence-electron chi connectivity index (χ0n) is 10.8. The van der Waals surface area contributed by atoms with Gasteiger partial charge in [-0.2, -0.15) is 0 Å². The number of rotatable bonds is 4. The van der Waals surface area contributed by atoms with Crippen LogP contribution in [0.4, 0.5) is 0 Å². The molecule has 90 valence electrons. The Labute approximate surface area is 104 Å². The second kappa shape index (κ2) is 5.70. The predicted octanol–water partition coefficient (Wildman–Crippen LogP) is 3.65. The zero-order valence-corrected chi connectivity index (χ0v) is 11.5. The zero-order chi connectivity index (χ0) is 12.2. The summed E-state index contributed by atoms with van der Waals surface area (Å²) in [6.07, 6.45) is 0. The van der Waals surface area contributed by atoms with Crippen LogP contribution in [0, 0.1) is 0 Å². The second-order valence-corrected chi connectivity index (χ2v) is 5.75. The van der Waals surface area contributed by atoms with Crippen LogP contribution in [0.25, 0.3) is 0 Å². The van der Waals surface area contributed by atoms with Gasteiger partial charge in [0.05, 0.1) is 0 Å². The summed E-state index contributed by atoms with van der Waals surface area (Å²) >= 11 is 5.71. The molecule has 0 saturated carbocycles. The minimum atomic E-state index is 0.237. The first-order chi connectivity index (χ1) is 7.43. The van der Waals surface area contributed by atoms with Gasteiger partial charge in [0.25, 0.3) is 0 Å². The highest BCUT2D eigenvalue weighted by molar-refractivity contribution is 6.18. The Kier molecular flexibility index (Phi) is 4.82. The molecule has 0 N–H and O–H groups in total. The summed E-state index contributed by atoms with van der Waals surface area (Å²) < 4.78 is 0. The highest BCUT2D eigenvalue weighted by Crippen LogP contribution is 2.22. The molecule has 0 saturated heterocycles. The van der Waals surface area contributed by atoms with Gasteiger partial charge in [0.15, 0.2) is 0 Å².